The summed E-state index contributed by atoms with van der Waals surface area (Å²) < 4.78 is 0. The molecule has 0 unspecified atom stereocenters. The van der Waals surface area contributed by atoms with Gasteiger partial charge in [0.2, 0.25) is 0 Å². The van der Waals surface area contributed by atoms with Crippen molar-refractivity contribution in [2.75, 3.05) is 0 Å². The second-order valence-electron chi connectivity index (χ2n) is 7.80. The monoisotopic (exact) mass is 368 g/mol. The Hall–Kier alpha value is -1.96. The van der Waals surface area contributed by atoms with Crippen LogP contribution >= 0.6 is 0 Å². The van der Waals surface area contributed by atoms with E-state index in [1.165, 1.54) is 56.1 Å². The summed E-state index contributed by atoms with van der Waals surface area (Å²) in [4.78, 5) is 0. The van der Waals surface area contributed by atoms with E-state index in [1.54, 1.807) is 24.3 Å². The van der Waals surface area contributed by atoms with Gasteiger partial charge in [-0.15, -0.1) is 0 Å². The molecule has 2 N–H and O–H groups in total. The molecule has 2 rings (SSSR count). The van der Waals surface area contributed by atoms with Crippen molar-refractivity contribution in [3.05, 3.63) is 59.7 Å². The maximum Gasteiger partial charge on any atom is 0.115 e. The lowest BCUT2D eigenvalue weighted by Gasteiger charge is -2.35. The average Bonchev–Trinajstić information content (AvgIpc) is 2.68. The van der Waals surface area contributed by atoms with Crippen molar-refractivity contribution >= 4 is 0 Å². The molecule has 0 spiro atoms. The highest BCUT2D eigenvalue weighted by atomic mass is 16.3. The number of rotatable bonds is 12. The first-order chi connectivity index (χ1) is 13.1. The van der Waals surface area contributed by atoms with E-state index in [9.17, 15) is 10.2 Å². The van der Waals surface area contributed by atoms with E-state index in [0.717, 1.165) is 19.3 Å². The molecule has 0 radical (unpaired) electrons. The van der Waals surface area contributed by atoms with E-state index >= 15 is 0 Å². The Morgan fingerprint density at radius 3 is 1.44 bits per heavy atom. The fourth-order valence-corrected chi connectivity index (χ4v) is 4.24. The minimum absolute atomic E-state index is 0.0560. The molecule has 0 saturated carbocycles. The zero-order valence-electron chi connectivity index (χ0n) is 17.1. The summed E-state index contributed by atoms with van der Waals surface area (Å²) in [5.74, 6) is 0.622. The van der Waals surface area contributed by atoms with Crippen molar-refractivity contribution < 1.29 is 10.2 Å². The molecule has 0 aromatic heterocycles. The maximum absolute atomic E-state index is 9.74. The van der Waals surface area contributed by atoms with Gasteiger partial charge in [-0.05, 0) is 48.2 Å². The second kappa shape index (κ2) is 11.0. The quantitative estimate of drug-likeness (QED) is 0.385. The van der Waals surface area contributed by atoms with E-state index in [0.29, 0.717) is 11.5 Å². The Morgan fingerprint density at radius 1 is 0.556 bits per heavy atom. The van der Waals surface area contributed by atoms with Crippen LogP contribution in [0, 0.1) is 0 Å². The molecular weight excluding hydrogens is 332 g/mol. The standard InChI is InChI=1S/C25H36O2/c1-3-5-6-7-8-9-10-20-25(19-4-2,21-11-15-23(26)16-12-21)22-13-17-24(27)18-14-22/h11-18,26-27H,3-10,19-20H2,1-2H3. The van der Waals surface area contributed by atoms with Crippen molar-refractivity contribution in [2.24, 2.45) is 0 Å². The molecular formula is C25H36O2. The topological polar surface area (TPSA) is 40.5 Å². The fourth-order valence-electron chi connectivity index (χ4n) is 4.24. The number of hydrogen-bond acceptors (Lipinski definition) is 2. The van der Waals surface area contributed by atoms with Crippen LogP contribution in [-0.2, 0) is 5.41 Å². The van der Waals surface area contributed by atoms with Gasteiger partial charge in [-0.2, -0.15) is 0 Å². The highest BCUT2D eigenvalue weighted by Crippen LogP contribution is 2.42. The van der Waals surface area contributed by atoms with Crippen molar-refractivity contribution in [1.82, 2.24) is 0 Å². The smallest absolute Gasteiger partial charge is 0.115 e. The number of aromatic hydroxyl groups is 2. The zero-order valence-corrected chi connectivity index (χ0v) is 17.1. The summed E-state index contributed by atoms with van der Waals surface area (Å²) in [5.41, 5.74) is 2.47. The number of phenolic OH excluding ortho intramolecular Hbond substituents is 2. The van der Waals surface area contributed by atoms with Gasteiger partial charge in [0, 0.05) is 5.41 Å². The number of unbranched alkanes of at least 4 members (excludes halogenated alkanes) is 6. The summed E-state index contributed by atoms with van der Waals surface area (Å²) >= 11 is 0. The highest BCUT2D eigenvalue weighted by molar-refractivity contribution is 5.43. The number of phenols is 2. The zero-order chi connectivity index (χ0) is 19.5. The Labute approximate surface area is 165 Å². The first-order valence-electron chi connectivity index (χ1n) is 10.7. The Morgan fingerprint density at radius 2 is 1.00 bits per heavy atom. The van der Waals surface area contributed by atoms with Crippen LogP contribution in [0.25, 0.3) is 0 Å². The third-order valence-corrected chi connectivity index (χ3v) is 5.72. The molecule has 0 fully saturated rings. The molecule has 0 aliphatic heterocycles. The summed E-state index contributed by atoms with van der Waals surface area (Å²) in [6, 6.07) is 15.5. The van der Waals surface area contributed by atoms with Gasteiger partial charge in [0.15, 0.2) is 0 Å². The van der Waals surface area contributed by atoms with Gasteiger partial charge in [-0.25, -0.2) is 0 Å². The van der Waals surface area contributed by atoms with Gasteiger partial charge in [0.25, 0.3) is 0 Å². The lowest BCUT2D eigenvalue weighted by Crippen LogP contribution is -2.27. The summed E-state index contributed by atoms with van der Waals surface area (Å²) in [6.45, 7) is 4.49. The minimum atomic E-state index is -0.0560. The van der Waals surface area contributed by atoms with Crippen molar-refractivity contribution in [3.63, 3.8) is 0 Å². The predicted molar refractivity (Wildman–Crippen MR) is 115 cm³/mol. The van der Waals surface area contributed by atoms with Crippen LogP contribution in [-0.4, -0.2) is 10.2 Å². The molecule has 0 bridgehead atoms. The first-order valence-corrected chi connectivity index (χ1v) is 10.7. The van der Waals surface area contributed by atoms with Gasteiger partial charge < -0.3 is 10.2 Å². The van der Waals surface area contributed by atoms with E-state index < -0.39 is 0 Å². The minimum Gasteiger partial charge on any atom is -0.508 e. The molecule has 0 heterocycles. The van der Waals surface area contributed by atoms with Gasteiger partial charge in [0.1, 0.15) is 11.5 Å². The molecule has 2 heteroatoms. The van der Waals surface area contributed by atoms with Crippen LogP contribution in [0.1, 0.15) is 89.2 Å². The molecule has 0 saturated heterocycles. The molecule has 2 aromatic carbocycles. The van der Waals surface area contributed by atoms with Crippen molar-refractivity contribution in [2.45, 2.75) is 83.5 Å². The van der Waals surface area contributed by atoms with Crippen LogP contribution in [0.3, 0.4) is 0 Å². The lowest BCUT2D eigenvalue weighted by molar-refractivity contribution is 0.403. The Bertz CT molecular complexity index is 598. The maximum atomic E-state index is 9.74. The summed E-state index contributed by atoms with van der Waals surface area (Å²) in [7, 11) is 0. The van der Waals surface area contributed by atoms with Gasteiger partial charge >= 0.3 is 0 Å². The van der Waals surface area contributed by atoms with Gasteiger partial charge in [-0.3, -0.25) is 0 Å². The normalized spacial score (nSPS) is 11.6. The van der Waals surface area contributed by atoms with Crippen LogP contribution in [0.4, 0.5) is 0 Å². The largest absolute Gasteiger partial charge is 0.508 e. The van der Waals surface area contributed by atoms with Crippen LogP contribution in [0.5, 0.6) is 11.5 Å². The Kier molecular flexibility index (Phi) is 8.71. The van der Waals surface area contributed by atoms with E-state index in [1.807, 2.05) is 0 Å². The number of benzene rings is 2. The average molecular weight is 369 g/mol. The molecule has 27 heavy (non-hydrogen) atoms. The van der Waals surface area contributed by atoms with E-state index in [2.05, 4.69) is 38.1 Å². The fraction of sp³-hybridized carbons (Fsp3) is 0.520. The SMILES string of the molecule is CCCCCCCCCC(CCC)(c1ccc(O)cc1)c1ccc(O)cc1. The third kappa shape index (κ3) is 6.02. The Balaban J connectivity index is 2.20. The molecule has 2 nitrogen and oxygen atoms in total. The molecule has 0 amide bonds. The first kappa shape index (κ1) is 21.3. The van der Waals surface area contributed by atoms with Crippen LogP contribution < -0.4 is 0 Å². The van der Waals surface area contributed by atoms with E-state index in [-0.39, 0.29) is 5.41 Å². The molecule has 0 atom stereocenters. The predicted octanol–water partition coefficient (Wildman–Crippen LogP) is 7.32. The molecule has 0 aliphatic carbocycles. The van der Waals surface area contributed by atoms with Crippen molar-refractivity contribution in [3.8, 4) is 11.5 Å². The van der Waals surface area contributed by atoms with Crippen molar-refractivity contribution in [1.29, 1.82) is 0 Å². The molecule has 148 valence electrons. The van der Waals surface area contributed by atoms with Crippen LogP contribution in [0.2, 0.25) is 0 Å². The van der Waals surface area contributed by atoms with Crippen LogP contribution in [0.15, 0.2) is 48.5 Å². The third-order valence-electron chi connectivity index (χ3n) is 5.72. The molecule has 2 aromatic rings. The highest BCUT2D eigenvalue weighted by Gasteiger charge is 2.32. The molecule has 0 aliphatic rings. The second-order valence-corrected chi connectivity index (χ2v) is 7.80. The van der Waals surface area contributed by atoms with Gasteiger partial charge in [-0.1, -0.05) is 89.5 Å². The lowest BCUT2D eigenvalue weighted by atomic mass is 9.68. The van der Waals surface area contributed by atoms with E-state index in [4.69, 9.17) is 0 Å². The summed E-state index contributed by atoms with van der Waals surface area (Å²) in [5, 5.41) is 19.5. The number of hydrogen-bond donors (Lipinski definition) is 2. The summed E-state index contributed by atoms with van der Waals surface area (Å²) in [6.07, 6.45) is 12.4. The van der Waals surface area contributed by atoms with Gasteiger partial charge in [0.05, 0.1) is 0 Å².